The molecule has 1 amide bonds. The summed E-state index contributed by atoms with van der Waals surface area (Å²) in [6.45, 7) is 0. The maximum absolute atomic E-state index is 12.1. The fraction of sp³-hybridized carbons (Fsp3) is 0.0588. The number of hydrogen-bond donors (Lipinski definition) is 1. The number of thiazole rings is 1. The molecule has 0 saturated heterocycles. The molecule has 0 aliphatic rings. The molecule has 0 radical (unpaired) electrons. The standard InChI is InChI=1S/C17H12N4OS3/c22-15(20-16-21-18-10-24-16)12-7-5-11(6-8-12)9-23-17-19-13-3-1-2-4-14(13)25-17/h1-8,10H,9H2,(H,20,21,22). The van der Waals surface area contributed by atoms with E-state index in [1.54, 1.807) is 28.6 Å². The molecule has 124 valence electrons. The van der Waals surface area contributed by atoms with Crippen molar-refractivity contribution in [3.8, 4) is 0 Å². The Kier molecular flexibility index (Phi) is 4.73. The highest BCUT2D eigenvalue weighted by atomic mass is 32.2. The number of hydrogen-bond acceptors (Lipinski definition) is 7. The summed E-state index contributed by atoms with van der Waals surface area (Å²) in [5.41, 5.74) is 4.37. The van der Waals surface area contributed by atoms with E-state index in [1.807, 2.05) is 42.5 Å². The highest BCUT2D eigenvalue weighted by Gasteiger charge is 2.09. The number of carbonyl (C=O) groups excluding carboxylic acids is 1. The Bertz CT molecular complexity index is 963. The van der Waals surface area contributed by atoms with Crippen molar-refractivity contribution in [2.75, 3.05) is 5.32 Å². The van der Waals surface area contributed by atoms with Gasteiger partial charge in [-0.3, -0.25) is 10.1 Å². The maximum atomic E-state index is 12.1. The third-order valence-corrected chi connectivity index (χ3v) is 6.29. The van der Waals surface area contributed by atoms with Crippen LogP contribution in [0.25, 0.3) is 10.2 Å². The molecule has 0 aliphatic carbocycles. The van der Waals surface area contributed by atoms with Crippen LogP contribution in [0.2, 0.25) is 0 Å². The van der Waals surface area contributed by atoms with Crippen LogP contribution in [0.3, 0.4) is 0 Å². The number of nitrogens with zero attached hydrogens (tertiary/aromatic N) is 3. The minimum atomic E-state index is -0.179. The van der Waals surface area contributed by atoms with Gasteiger partial charge in [0.05, 0.1) is 10.2 Å². The van der Waals surface area contributed by atoms with Gasteiger partial charge < -0.3 is 0 Å². The fourth-order valence-corrected chi connectivity index (χ4v) is 4.67. The van der Waals surface area contributed by atoms with E-state index < -0.39 is 0 Å². The van der Waals surface area contributed by atoms with Gasteiger partial charge >= 0.3 is 0 Å². The number of thioether (sulfide) groups is 1. The lowest BCUT2D eigenvalue weighted by molar-refractivity contribution is 0.102. The number of amides is 1. The number of rotatable bonds is 5. The van der Waals surface area contributed by atoms with Gasteiger partial charge in [-0.05, 0) is 29.8 Å². The first-order chi connectivity index (χ1) is 12.3. The second kappa shape index (κ2) is 7.30. The van der Waals surface area contributed by atoms with Crippen LogP contribution >= 0.6 is 34.4 Å². The Morgan fingerprint density at radius 1 is 1.12 bits per heavy atom. The van der Waals surface area contributed by atoms with E-state index in [0.717, 1.165) is 21.2 Å². The van der Waals surface area contributed by atoms with Crippen molar-refractivity contribution in [1.29, 1.82) is 0 Å². The van der Waals surface area contributed by atoms with Gasteiger partial charge in [0.25, 0.3) is 5.91 Å². The van der Waals surface area contributed by atoms with Crippen molar-refractivity contribution in [2.45, 2.75) is 10.1 Å². The fourth-order valence-electron chi connectivity index (χ4n) is 2.21. The predicted octanol–water partition coefficient (Wildman–Crippen LogP) is 4.69. The Labute approximate surface area is 156 Å². The number of nitrogens with one attached hydrogen (secondary N) is 1. The Hall–Kier alpha value is -2.29. The van der Waals surface area contributed by atoms with Crippen molar-refractivity contribution in [3.63, 3.8) is 0 Å². The van der Waals surface area contributed by atoms with Crippen molar-refractivity contribution < 1.29 is 4.79 Å². The lowest BCUT2D eigenvalue weighted by Gasteiger charge is -2.03. The number of para-hydroxylation sites is 1. The van der Waals surface area contributed by atoms with E-state index in [1.165, 1.54) is 16.0 Å². The van der Waals surface area contributed by atoms with Crippen LogP contribution in [-0.2, 0) is 5.75 Å². The first-order valence-corrected chi connectivity index (χ1v) is 10.1. The number of aromatic nitrogens is 3. The van der Waals surface area contributed by atoms with Crippen molar-refractivity contribution in [1.82, 2.24) is 15.2 Å². The van der Waals surface area contributed by atoms with Crippen LogP contribution in [0.1, 0.15) is 15.9 Å². The molecule has 0 fully saturated rings. The molecular weight excluding hydrogens is 372 g/mol. The number of anilines is 1. The summed E-state index contributed by atoms with van der Waals surface area (Å²) >= 11 is 4.70. The first kappa shape index (κ1) is 16.2. The summed E-state index contributed by atoms with van der Waals surface area (Å²) in [4.78, 5) is 16.7. The maximum Gasteiger partial charge on any atom is 0.257 e. The number of carbonyl (C=O) groups is 1. The first-order valence-electron chi connectivity index (χ1n) is 7.43. The van der Waals surface area contributed by atoms with Crippen LogP contribution < -0.4 is 5.32 Å². The summed E-state index contributed by atoms with van der Waals surface area (Å²) in [6.07, 6.45) is 0. The van der Waals surface area contributed by atoms with Gasteiger partial charge in [0.2, 0.25) is 5.13 Å². The lowest BCUT2D eigenvalue weighted by atomic mass is 10.1. The molecule has 25 heavy (non-hydrogen) atoms. The smallest absolute Gasteiger partial charge is 0.257 e. The van der Waals surface area contributed by atoms with E-state index in [2.05, 4.69) is 26.6 Å². The molecule has 2 heterocycles. The molecule has 4 aromatic rings. The van der Waals surface area contributed by atoms with Crippen molar-refractivity contribution in [3.05, 3.63) is 65.2 Å². The Balaban J connectivity index is 1.39. The molecule has 0 spiro atoms. The third kappa shape index (κ3) is 3.87. The monoisotopic (exact) mass is 384 g/mol. The van der Waals surface area contributed by atoms with Crippen LogP contribution in [0.15, 0.2) is 58.4 Å². The quantitative estimate of drug-likeness (QED) is 0.506. The van der Waals surface area contributed by atoms with Gasteiger partial charge in [-0.2, -0.15) is 0 Å². The van der Waals surface area contributed by atoms with Gasteiger partial charge in [-0.15, -0.1) is 21.5 Å². The zero-order valence-electron chi connectivity index (χ0n) is 12.9. The van der Waals surface area contributed by atoms with Gasteiger partial charge in [0.1, 0.15) is 5.51 Å². The zero-order valence-corrected chi connectivity index (χ0v) is 15.3. The molecule has 0 saturated carbocycles. The van der Waals surface area contributed by atoms with E-state index in [0.29, 0.717) is 10.7 Å². The zero-order chi connectivity index (χ0) is 17.1. The van der Waals surface area contributed by atoms with Gasteiger partial charge in [0, 0.05) is 11.3 Å². The van der Waals surface area contributed by atoms with Gasteiger partial charge in [-0.25, -0.2) is 4.98 Å². The topological polar surface area (TPSA) is 67.8 Å². The third-order valence-electron chi connectivity index (χ3n) is 3.43. The lowest BCUT2D eigenvalue weighted by Crippen LogP contribution is -2.11. The molecule has 1 N–H and O–H groups in total. The summed E-state index contributed by atoms with van der Waals surface area (Å²) in [6, 6.07) is 15.7. The molecule has 8 heteroatoms. The largest absolute Gasteiger partial charge is 0.296 e. The van der Waals surface area contributed by atoms with Crippen molar-refractivity contribution >= 4 is 55.7 Å². The molecule has 2 aromatic heterocycles. The van der Waals surface area contributed by atoms with Crippen LogP contribution in [0.5, 0.6) is 0 Å². The molecule has 4 rings (SSSR count). The molecular formula is C17H12N4OS3. The molecule has 0 aliphatic heterocycles. The summed E-state index contributed by atoms with van der Waals surface area (Å²) in [5, 5.41) is 10.7. The molecule has 5 nitrogen and oxygen atoms in total. The van der Waals surface area contributed by atoms with E-state index >= 15 is 0 Å². The van der Waals surface area contributed by atoms with Crippen molar-refractivity contribution in [2.24, 2.45) is 0 Å². The highest BCUT2D eigenvalue weighted by Crippen LogP contribution is 2.31. The van der Waals surface area contributed by atoms with E-state index in [-0.39, 0.29) is 5.91 Å². The summed E-state index contributed by atoms with van der Waals surface area (Å²) < 4.78 is 2.26. The van der Waals surface area contributed by atoms with Crippen LogP contribution in [-0.4, -0.2) is 21.1 Å². The van der Waals surface area contributed by atoms with Crippen LogP contribution in [0.4, 0.5) is 5.13 Å². The minimum Gasteiger partial charge on any atom is -0.296 e. The average molecular weight is 385 g/mol. The van der Waals surface area contributed by atoms with E-state index in [4.69, 9.17) is 0 Å². The van der Waals surface area contributed by atoms with Gasteiger partial charge in [-0.1, -0.05) is 47.4 Å². The Morgan fingerprint density at radius 3 is 2.72 bits per heavy atom. The summed E-state index contributed by atoms with van der Waals surface area (Å²) in [7, 11) is 0. The molecule has 2 aromatic carbocycles. The Morgan fingerprint density at radius 2 is 1.96 bits per heavy atom. The van der Waals surface area contributed by atoms with Crippen LogP contribution in [0, 0.1) is 0 Å². The molecule has 0 bridgehead atoms. The molecule has 0 atom stereocenters. The SMILES string of the molecule is O=C(Nc1nncs1)c1ccc(CSc2nc3ccccc3s2)cc1. The normalized spacial score (nSPS) is 10.9. The van der Waals surface area contributed by atoms with E-state index in [9.17, 15) is 4.79 Å². The minimum absolute atomic E-state index is 0.179. The average Bonchev–Trinajstić information content (AvgIpc) is 3.29. The highest BCUT2D eigenvalue weighted by molar-refractivity contribution is 8.00. The number of fused-ring (bicyclic) bond motifs is 1. The number of benzene rings is 2. The second-order valence-electron chi connectivity index (χ2n) is 5.13. The second-order valence-corrected chi connectivity index (χ2v) is 8.22. The molecule has 0 unspecified atom stereocenters. The van der Waals surface area contributed by atoms with Gasteiger partial charge in [0.15, 0.2) is 4.34 Å². The predicted molar refractivity (Wildman–Crippen MR) is 103 cm³/mol. The summed E-state index contributed by atoms with van der Waals surface area (Å²) in [5.74, 6) is 0.639.